The van der Waals surface area contributed by atoms with E-state index >= 15 is 14.4 Å². The van der Waals surface area contributed by atoms with Crippen molar-refractivity contribution in [2.24, 2.45) is 0 Å². The molecule has 0 aromatic heterocycles. The maximum Gasteiger partial charge on any atom is 0.327 e. The van der Waals surface area contributed by atoms with Gasteiger partial charge in [0.25, 0.3) is 11.6 Å². The monoisotopic (exact) mass is 1430 g/mol. The Bertz CT molecular complexity index is 4190. The topological polar surface area (TPSA) is 90.1 Å². The predicted molar refractivity (Wildman–Crippen MR) is 426 cm³/mol. The van der Waals surface area contributed by atoms with Crippen molar-refractivity contribution in [3.8, 4) is 0 Å². The molecule has 18 rings (SSSR count). The third kappa shape index (κ3) is 12.8. The lowest BCUT2D eigenvalue weighted by atomic mass is 10.0. The molecular formula is C94H90N12O3. The Hall–Kier alpha value is -11.8. The van der Waals surface area contributed by atoms with Crippen molar-refractivity contribution in [3.05, 3.63) is 431 Å². The first-order chi connectivity index (χ1) is 53.7. The normalized spacial score (nSPS) is 21.4. The van der Waals surface area contributed by atoms with E-state index in [1.54, 1.807) is 29.4 Å². The van der Waals surface area contributed by atoms with Crippen molar-refractivity contribution >= 4 is 18.1 Å². The molecule has 0 radical (unpaired) electrons. The second kappa shape index (κ2) is 30.8. The summed E-state index contributed by atoms with van der Waals surface area (Å²) in [7, 11) is 0. The fourth-order valence-electron chi connectivity index (χ4n) is 18.3. The van der Waals surface area contributed by atoms with Crippen molar-refractivity contribution in [1.82, 2.24) is 58.8 Å². The van der Waals surface area contributed by atoms with Crippen LogP contribution in [0.25, 0.3) is 0 Å². The van der Waals surface area contributed by atoms with Crippen LogP contribution in [-0.4, -0.2) is 120 Å². The van der Waals surface area contributed by atoms with E-state index in [2.05, 4.69) is 211 Å². The summed E-state index contributed by atoms with van der Waals surface area (Å²) in [4.78, 5) is 75.2. The summed E-state index contributed by atoms with van der Waals surface area (Å²) in [6.45, 7) is 8.40. The van der Waals surface area contributed by atoms with Gasteiger partial charge in [0.1, 0.15) is 0 Å². The first-order valence-corrected chi connectivity index (χ1v) is 38.0. The van der Waals surface area contributed by atoms with E-state index < -0.39 is 23.1 Å². The van der Waals surface area contributed by atoms with Gasteiger partial charge in [-0.2, -0.15) is 0 Å². The van der Waals surface area contributed by atoms with Crippen molar-refractivity contribution in [1.29, 1.82) is 0 Å². The van der Waals surface area contributed by atoms with Crippen LogP contribution in [-0.2, 0) is 78.5 Å². The van der Waals surface area contributed by atoms with E-state index in [1.165, 1.54) is 33.4 Å². The summed E-state index contributed by atoms with van der Waals surface area (Å²) in [5.74, 6) is -4.30. The molecule has 6 heterocycles. The van der Waals surface area contributed by atoms with E-state index in [1.807, 2.05) is 182 Å². The first kappa shape index (κ1) is 70.2. The Morgan fingerprint density at radius 3 is 0.385 bits per heavy atom. The van der Waals surface area contributed by atoms with Crippen LogP contribution in [0.3, 0.4) is 0 Å². The van der Waals surface area contributed by atoms with Crippen LogP contribution >= 0.6 is 0 Å². The van der Waals surface area contributed by atoms with Gasteiger partial charge in [-0.1, -0.05) is 364 Å². The fourth-order valence-corrected chi connectivity index (χ4v) is 18.3. The van der Waals surface area contributed by atoms with Crippen LogP contribution in [0.5, 0.6) is 0 Å². The maximum atomic E-state index is 15.9. The molecule has 15 nitrogen and oxygen atoms in total. The first-order valence-electron chi connectivity index (χ1n) is 38.0. The molecule has 0 unspecified atom stereocenters. The van der Waals surface area contributed by atoms with Crippen LogP contribution in [0, 0.1) is 0 Å². The highest BCUT2D eigenvalue weighted by atomic mass is 16.2. The molecule has 0 spiro atoms. The molecular weight excluding hydrogens is 1350 g/mol. The van der Waals surface area contributed by atoms with Crippen molar-refractivity contribution in [2.75, 3.05) is 20.0 Å². The molecule has 0 bridgehead atoms. The minimum absolute atomic E-state index is 0.155. The van der Waals surface area contributed by atoms with Crippen molar-refractivity contribution in [3.63, 3.8) is 0 Å². The zero-order valence-corrected chi connectivity index (χ0v) is 61.3. The summed E-state index contributed by atoms with van der Waals surface area (Å²) >= 11 is 0. The molecule has 6 amide bonds. The summed E-state index contributed by atoms with van der Waals surface area (Å²) < 4.78 is 0. The van der Waals surface area contributed by atoms with E-state index in [9.17, 15) is 0 Å². The molecule has 109 heavy (non-hydrogen) atoms. The van der Waals surface area contributed by atoms with Crippen LogP contribution < -0.4 is 0 Å². The zero-order valence-electron chi connectivity index (χ0n) is 61.3. The summed E-state index contributed by atoms with van der Waals surface area (Å²) in [6.07, 6.45) is 0. The second-order valence-electron chi connectivity index (χ2n) is 29.3. The number of carbonyl (C=O) groups is 3. The van der Waals surface area contributed by atoms with Crippen LogP contribution in [0.2, 0.25) is 0 Å². The van der Waals surface area contributed by atoms with Crippen molar-refractivity contribution < 1.29 is 14.4 Å². The number of nitrogens with zero attached hydrogens (tertiary/aromatic N) is 12. The lowest BCUT2D eigenvalue weighted by Crippen LogP contribution is -2.73. The quantitative estimate of drug-likeness (QED) is 0.0587. The average molecular weight is 1440 g/mol. The van der Waals surface area contributed by atoms with E-state index in [0.717, 1.165) is 92.7 Å². The molecule has 0 saturated carbocycles. The van der Waals surface area contributed by atoms with Gasteiger partial charge < -0.3 is 0 Å². The highest BCUT2D eigenvalue weighted by Gasteiger charge is 2.88. The number of hydrogen-bond acceptors (Lipinski definition) is 9. The van der Waals surface area contributed by atoms with Crippen LogP contribution in [0.15, 0.2) is 364 Å². The van der Waals surface area contributed by atoms with Gasteiger partial charge in [0.05, 0.1) is 59.3 Å². The lowest BCUT2D eigenvalue weighted by molar-refractivity contribution is -0.166. The molecule has 6 aliphatic rings. The Balaban J connectivity index is 0.000000160. The van der Waals surface area contributed by atoms with Gasteiger partial charge >= 0.3 is 18.1 Å². The fraction of sp³-hybridized carbons (Fsp3) is 0.202. The van der Waals surface area contributed by atoms with Gasteiger partial charge in [-0.15, -0.1) is 0 Å². The molecule has 0 aliphatic carbocycles. The highest BCUT2D eigenvalue weighted by Crippen LogP contribution is 2.63. The van der Waals surface area contributed by atoms with Gasteiger partial charge in [0, 0.05) is 39.3 Å². The summed E-state index contributed by atoms with van der Waals surface area (Å²) in [5, 5.41) is 0. The third-order valence-electron chi connectivity index (χ3n) is 22.6. The number of amides is 6. The SMILES string of the molecule is O=C1N(Cc2ccccc2)C23N(Cc4ccccc4)C(=O)N(Cc4ccccc4)C2(N1Cc1ccccc1)N(Cc1ccccc1)C(=O)N3Cc1ccccc1.c1ccc(CN2CN(Cc3ccccc3)C34N(Cc5ccccc5)CN(Cc5ccccc5)C23N(Cc2ccccc2)CN4Cc2ccccc2)cc1. The minimum atomic E-state index is -1.64. The maximum absolute atomic E-state index is 15.9. The molecule has 12 aromatic rings. The number of carbonyl (C=O) groups excluding carboxylic acids is 3. The number of benzene rings is 12. The van der Waals surface area contributed by atoms with Gasteiger partial charge in [0.2, 0.25) is 0 Å². The van der Waals surface area contributed by atoms with E-state index in [0.29, 0.717) is 0 Å². The number of hydrogen-bond donors (Lipinski definition) is 0. The molecule has 6 fully saturated rings. The van der Waals surface area contributed by atoms with Gasteiger partial charge in [-0.3, -0.25) is 58.8 Å². The molecule has 6 saturated heterocycles. The zero-order chi connectivity index (χ0) is 73.6. The Kier molecular flexibility index (Phi) is 19.9. The third-order valence-corrected chi connectivity index (χ3v) is 22.6. The van der Waals surface area contributed by atoms with Gasteiger partial charge in [0.15, 0.2) is 11.6 Å². The smallest absolute Gasteiger partial charge is 0.274 e. The number of rotatable bonds is 24. The van der Waals surface area contributed by atoms with Crippen LogP contribution in [0.1, 0.15) is 66.8 Å². The van der Waals surface area contributed by atoms with Gasteiger partial charge in [-0.25, -0.2) is 14.4 Å². The molecule has 12 aromatic carbocycles. The number of urea groups is 3. The van der Waals surface area contributed by atoms with Crippen LogP contribution in [0.4, 0.5) is 14.4 Å². The second-order valence-corrected chi connectivity index (χ2v) is 29.3. The van der Waals surface area contributed by atoms with E-state index in [4.69, 9.17) is 0 Å². The standard InChI is InChI=1S/C47H42N6O3.C47H48N6/c54-43-48(31-37-19-7-1-8-20-37)46-47(49(43)32-38-21-9-2-10-22-38,52(35-41-27-15-5-16-28-41)44(55)50(46)33-39-23-11-3-12-24-39)53(36-42-29-17-6-18-30-42)45(56)51(46)34-40-25-13-4-14-26-40;1-7-19-40(20-8-1)31-48-37-49(32-41-21-9-2-10-22-41)47-46(48,50(33-42-23-11-3-12-24-42)38-52(47)35-44-27-15-5-16-28-44)51(34-43-25-13-4-14-26-43)39-53(47)36-45-29-17-6-18-30-45/h1-30H,31-36H2;1-30H,31-39H2. The molecule has 0 N–H and O–H groups in total. The molecule has 0 atom stereocenters. The van der Waals surface area contributed by atoms with Gasteiger partial charge in [-0.05, 0) is 66.8 Å². The highest BCUT2D eigenvalue weighted by molar-refractivity contribution is 5.95. The van der Waals surface area contributed by atoms with Crippen molar-refractivity contribution in [2.45, 2.75) is 102 Å². The Morgan fingerprint density at radius 2 is 0.266 bits per heavy atom. The predicted octanol–water partition coefficient (Wildman–Crippen LogP) is 16.9. The summed E-state index contributed by atoms with van der Waals surface area (Å²) in [6, 6.07) is 125. The molecule has 15 heteroatoms. The Morgan fingerprint density at radius 1 is 0.156 bits per heavy atom. The molecule has 6 aliphatic heterocycles. The average Bonchev–Trinajstić information content (AvgIpc) is 1.48. The Labute approximate surface area is 640 Å². The van der Waals surface area contributed by atoms with E-state index in [-0.39, 0.29) is 57.4 Å². The summed E-state index contributed by atoms with van der Waals surface area (Å²) in [5.41, 5.74) is 13.3. The lowest BCUT2D eigenvalue weighted by Gasteiger charge is -2.51. The molecule has 544 valence electrons. The minimum Gasteiger partial charge on any atom is -0.274 e. The largest absolute Gasteiger partial charge is 0.327 e.